The summed E-state index contributed by atoms with van der Waals surface area (Å²) in [6, 6.07) is 2.53. The summed E-state index contributed by atoms with van der Waals surface area (Å²) in [5.74, 6) is 0.171. The highest BCUT2D eigenvalue weighted by Crippen LogP contribution is 2.10. The van der Waals surface area contributed by atoms with Crippen molar-refractivity contribution in [3.8, 4) is 0 Å². The third kappa shape index (κ3) is 2.39. The molecule has 1 N–H and O–H groups in total. The molecule has 1 aromatic heterocycles. The van der Waals surface area contributed by atoms with Gasteiger partial charge in [-0.05, 0) is 6.07 Å². The largest absolute Gasteiger partial charge is 0.339 e. The first-order valence-corrected chi connectivity index (χ1v) is 6.53. The van der Waals surface area contributed by atoms with E-state index >= 15 is 0 Å². The molecular weight excluding hydrogens is 230 g/mol. The van der Waals surface area contributed by atoms with Crippen molar-refractivity contribution >= 4 is 5.91 Å². The summed E-state index contributed by atoms with van der Waals surface area (Å²) in [4.78, 5) is 16.5. The molecule has 0 bridgehead atoms. The van der Waals surface area contributed by atoms with Crippen LogP contribution in [0.4, 0.5) is 0 Å². The number of piperazine rings is 1. The lowest BCUT2D eigenvalue weighted by atomic mass is 10.1. The fraction of sp³-hybridized carbons (Fsp3) is 0.667. The molecule has 0 spiro atoms. The highest BCUT2D eigenvalue weighted by atomic mass is 16.2. The van der Waals surface area contributed by atoms with Crippen LogP contribution in [0.2, 0.25) is 0 Å². The average molecular weight is 249 g/mol. The molecule has 0 aromatic carbocycles. The summed E-state index contributed by atoms with van der Waals surface area (Å²) in [5, 5.41) is 7.36. The Morgan fingerprint density at radius 3 is 2.61 bits per heavy atom. The molecule has 3 heterocycles. The van der Waals surface area contributed by atoms with Crippen LogP contribution in [0, 0.1) is 0 Å². The van der Waals surface area contributed by atoms with Crippen molar-refractivity contribution in [1.29, 1.82) is 0 Å². The molecular formula is C12H19N5O. The maximum absolute atomic E-state index is 12.1. The van der Waals surface area contributed by atoms with Crippen molar-refractivity contribution in [3.63, 3.8) is 0 Å². The van der Waals surface area contributed by atoms with Gasteiger partial charge >= 0.3 is 0 Å². The topological polar surface area (TPSA) is 53.4 Å². The molecule has 2 aliphatic rings. The van der Waals surface area contributed by atoms with E-state index in [0.717, 1.165) is 39.3 Å². The predicted octanol–water partition coefficient (Wildman–Crippen LogP) is -1.00. The number of carbonyl (C=O) groups is 1. The lowest BCUT2D eigenvalue weighted by Gasteiger charge is -2.43. The smallest absolute Gasteiger partial charge is 0.244 e. The normalized spacial score (nSPS) is 21.9. The van der Waals surface area contributed by atoms with Crippen LogP contribution < -0.4 is 5.32 Å². The van der Waals surface area contributed by atoms with E-state index < -0.39 is 0 Å². The number of nitrogens with zero attached hydrogens (tertiary/aromatic N) is 4. The summed E-state index contributed by atoms with van der Waals surface area (Å²) in [6.07, 6.45) is 3.53. The third-order valence-electron chi connectivity index (χ3n) is 3.80. The summed E-state index contributed by atoms with van der Waals surface area (Å²) in [6.45, 7) is 6.24. The molecule has 1 aromatic rings. The Balaban J connectivity index is 1.48. The van der Waals surface area contributed by atoms with Crippen LogP contribution in [0.15, 0.2) is 18.5 Å². The summed E-state index contributed by atoms with van der Waals surface area (Å²) < 4.78 is 1.69. The van der Waals surface area contributed by atoms with E-state index in [1.54, 1.807) is 10.9 Å². The van der Waals surface area contributed by atoms with Gasteiger partial charge in [0.25, 0.3) is 0 Å². The van der Waals surface area contributed by atoms with Crippen LogP contribution in [0.25, 0.3) is 0 Å². The second-order valence-corrected chi connectivity index (χ2v) is 4.93. The van der Waals surface area contributed by atoms with Gasteiger partial charge in [-0.15, -0.1) is 0 Å². The SMILES string of the molecule is O=C(Cn1cccn1)N1CCN(C2CNC2)CC1. The second-order valence-electron chi connectivity index (χ2n) is 4.93. The van der Waals surface area contributed by atoms with E-state index in [-0.39, 0.29) is 5.91 Å². The number of amides is 1. The van der Waals surface area contributed by atoms with Crippen LogP contribution in [0.5, 0.6) is 0 Å². The first kappa shape index (κ1) is 11.7. The molecule has 0 radical (unpaired) electrons. The Bertz CT molecular complexity index is 393. The number of rotatable bonds is 3. The van der Waals surface area contributed by atoms with Gasteiger partial charge < -0.3 is 10.2 Å². The van der Waals surface area contributed by atoms with E-state index in [2.05, 4.69) is 15.3 Å². The Morgan fingerprint density at radius 1 is 1.28 bits per heavy atom. The zero-order chi connectivity index (χ0) is 12.4. The van der Waals surface area contributed by atoms with Gasteiger partial charge in [-0.25, -0.2) is 0 Å². The van der Waals surface area contributed by atoms with Crippen LogP contribution in [0.3, 0.4) is 0 Å². The minimum Gasteiger partial charge on any atom is -0.339 e. The summed E-state index contributed by atoms with van der Waals surface area (Å²) >= 11 is 0. The second kappa shape index (κ2) is 5.07. The van der Waals surface area contributed by atoms with Gasteiger partial charge in [0, 0.05) is 57.7 Å². The van der Waals surface area contributed by atoms with Crippen molar-refractivity contribution in [2.24, 2.45) is 0 Å². The molecule has 6 heteroatoms. The lowest BCUT2D eigenvalue weighted by molar-refractivity contribution is -0.134. The van der Waals surface area contributed by atoms with Crippen molar-refractivity contribution < 1.29 is 4.79 Å². The summed E-state index contributed by atoms with van der Waals surface area (Å²) in [5.41, 5.74) is 0. The van der Waals surface area contributed by atoms with Gasteiger partial charge in [0.1, 0.15) is 6.54 Å². The molecule has 2 saturated heterocycles. The van der Waals surface area contributed by atoms with Gasteiger partial charge in [-0.2, -0.15) is 5.10 Å². The van der Waals surface area contributed by atoms with Gasteiger partial charge in [-0.3, -0.25) is 14.4 Å². The standard InChI is InChI=1S/C12H19N5O/c18-12(10-17-3-1-2-14-17)16-6-4-15(5-7-16)11-8-13-9-11/h1-3,11,13H,4-10H2. The fourth-order valence-corrected chi connectivity index (χ4v) is 2.50. The Hall–Kier alpha value is -1.40. The molecule has 0 saturated carbocycles. The number of nitrogens with one attached hydrogen (secondary N) is 1. The number of carbonyl (C=O) groups excluding carboxylic acids is 1. The zero-order valence-electron chi connectivity index (χ0n) is 10.5. The number of hydrogen-bond acceptors (Lipinski definition) is 4. The van der Waals surface area contributed by atoms with Gasteiger partial charge in [0.15, 0.2) is 0 Å². The molecule has 2 aliphatic heterocycles. The van der Waals surface area contributed by atoms with E-state index in [1.807, 2.05) is 17.2 Å². The molecule has 0 unspecified atom stereocenters. The van der Waals surface area contributed by atoms with Crippen LogP contribution in [-0.2, 0) is 11.3 Å². The third-order valence-corrected chi connectivity index (χ3v) is 3.80. The molecule has 0 atom stereocenters. The maximum Gasteiger partial charge on any atom is 0.244 e. The monoisotopic (exact) mass is 249 g/mol. The highest BCUT2D eigenvalue weighted by Gasteiger charge is 2.29. The van der Waals surface area contributed by atoms with Crippen molar-refractivity contribution in [1.82, 2.24) is 24.9 Å². The quantitative estimate of drug-likeness (QED) is 0.746. The molecule has 18 heavy (non-hydrogen) atoms. The van der Waals surface area contributed by atoms with Crippen LogP contribution in [-0.4, -0.2) is 70.8 Å². The van der Waals surface area contributed by atoms with Crippen LogP contribution >= 0.6 is 0 Å². The number of hydrogen-bond donors (Lipinski definition) is 1. The zero-order valence-corrected chi connectivity index (χ0v) is 10.5. The van der Waals surface area contributed by atoms with E-state index in [0.29, 0.717) is 12.6 Å². The molecule has 3 rings (SSSR count). The Morgan fingerprint density at radius 2 is 2.06 bits per heavy atom. The minimum absolute atomic E-state index is 0.171. The number of aromatic nitrogens is 2. The molecule has 0 aliphatic carbocycles. The molecule has 1 amide bonds. The maximum atomic E-state index is 12.1. The summed E-state index contributed by atoms with van der Waals surface area (Å²) in [7, 11) is 0. The first-order valence-electron chi connectivity index (χ1n) is 6.53. The van der Waals surface area contributed by atoms with E-state index in [9.17, 15) is 4.79 Å². The first-order chi connectivity index (χ1) is 8.83. The predicted molar refractivity (Wildman–Crippen MR) is 67.0 cm³/mol. The molecule has 98 valence electrons. The van der Waals surface area contributed by atoms with Crippen molar-refractivity contribution in [2.45, 2.75) is 12.6 Å². The Labute approximate surface area is 107 Å². The molecule has 6 nitrogen and oxygen atoms in total. The van der Waals surface area contributed by atoms with Gasteiger partial charge in [0.2, 0.25) is 5.91 Å². The average Bonchev–Trinajstić information content (AvgIpc) is 2.80. The fourth-order valence-electron chi connectivity index (χ4n) is 2.50. The van der Waals surface area contributed by atoms with Crippen LogP contribution in [0.1, 0.15) is 0 Å². The van der Waals surface area contributed by atoms with Gasteiger partial charge in [0.05, 0.1) is 0 Å². The lowest BCUT2D eigenvalue weighted by Crippen LogP contribution is -2.62. The van der Waals surface area contributed by atoms with E-state index in [4.69, 9.17) is 0 Å². The minimum atomic E-state index is 0.171. The van der Waals surface area contributed by atoms with Crippen molar-refractivity contribution in [3.05, 3.63) is 18.5 Å². The van der Waals surface area contributed by atoms with Crippen molar-refractivity contribution in [2.75, 3.05) is 39.3 Å². The Kier molecular flexibility index (Phi) is 3.29. The molecule has 2 fully saturated rings. The van der Waals surface area contributed by atoms with E-state index in [1.165, 1.54) is 0 Å². The highest BCUT2D eigenvalue weighted by molar-refractivity contribution is 5.76. The van der Waals surface area contributed by atoms with Gasteiger partial charge in [-0.1, -0.05) is 0 Å².